The highest BCUT2D eigenvalue weighted by molar-refractivity contribution is 4.79. The van der Waals surface area contributed by atoms with Crippen LogP contribution in [0.15, 0.2) is 12.3 Å². The van der Waals surface area contributed by atoms with E-state index in [0.717, 1.165) is 0 Å². The minimum absolute atomic E-state index is 0.148. The summed E-state index contributed by atoms with van der Waals surface area (Å²) in [5.74, 6) is 0. The first-order valence-electron chi connectivity index (χ1n) is 2.53. The van der Waals surface area contributed by atoms with Crippen LogP contribution in [0.1, 0.15) is 6.92 Å². The summed E-state index contributed by atoms with van der Waals surface area (Å²) in [5, 5.41) is 0. The molecule has 0 spiro atoms. The van der Waals surface area contributed by atoms with Crippen LogP contribution in [0, 0.1) is 0 Å². The van der Waals surface area contributed by atoms with Gasteiger partial charge < -0.3 is 9.47 Å². The second-order valence-electron chi connectivity index (χ2n) is 1.51. The van der Waals surface area contributed by atoms with Gasteiger partial charge in [0.2, 0.25) is 0 Å². The first-order valence-corrected chi connectivity index (χ1v) is 2.53. The average molecular weight is 116 g/mol. The van der Waals surface area contributed by atoms with E-state index in [1.807, 2.05) is 13.0 Å². The Kier molecular flexibility index (Phi) is 4.36. The van der Waals surface area contributed by atoms with Crippen molar-refractivity contribution in [3.8, 4) is 0 Å². The normalized spacial score (nSPS) is 14.4. The predicted molar refractivity (Wildman–Crippen MR) is 32.6 cm³/mol. The first kappa shape index (κ1) is 7.50. The van der Waals surface area contributed by atoms with Crippen molar-refractivity contribution in [3.05, 3.63) is 12.3 Å². The number of methoxy groups -OCH3 is 2. The van der Waals surface area contributed by atoms with Gasteiger partial charge in [0.15, 0.2) is 0 Å². The molecule has 0 N–H and O–H groups in total. The van der Waals surface area contributed by atoms with Crippen LogP contribution < -0.4 is 0 Å². The average Bonchev–Trinajstić information content (AvgIpc) is 1.83. The van der Waals surface area contributed by atoms with Gasteiger partial charge in [0.25, 0.3) is 0 Å². The van der Waals surface area contributed by atoms with Gasteiger partial charge in [-0.2, -0.15) is 0 Å². The Morgan fingerprint density at radius 1 is 1.38 bits per heavy atom. The number of hydrogen-bond donors (Lipinski definition) is 0. The molecule has 0 heterocycles. The van der Waals surface area contributed by atoms with E-state index < -0.39 is 0 Å². The lowest BCUT2D eigenvalue weighted by atomic mass is 10.4. The fourth-order valence-corrected chi connectivity index (χ4v) is 0.268. The highest BCUT2D eigenvalue weighted by atomic mass is 16.5. The Balaban J connectivity index is 3.21. The number of ether oxygens (including phenoxy) is 2. The van der Waals surface area contributed by atoms with Crippen LogP contribution in [0.4, 0.5) is 0 Å². The quantitative estimate of drug-likeness (QED) is 0.515. The van der Waals surface area contributed by atoms with Crippen molar-refractivity contribution in [1.29, 1.82) is 0 Å². The van der Waals surface area contributed by atoms with Crippen LogP contribution in [-0.2, 0) is 9.47 Å². The van der Waals surface area contributed by atoms with Crippen LogP contribution in [0.3, 0.4) is 0 Å². The highest BCUT2D eigenvalue weighted by Crippen LogP contribution is 1.88. The summed E-state index contributed by atoms with van der Waals surface area (Å²) in [6.07, 6.45) is 3.59. The zero-order valence-corrected chi connectivity index (χ0v) is 5.55. The Hall–Kier alpha value is -0.500. The van der Waals surface area contributed by atoms with Gasteiger partial charge in [-0.3, -0.25) is 0 Å². The minimum atomic E-state index is 0.148. The van der Waals surface area contributed by atoms with E-state index in [1.54, 1.807) is 20.5 Å². The molecule has 0 saturated carbocycles. The molecule has 0 aliphatic carbocycles. The molecule has 48 valence electrons. The number of hydrogen-bond acceptors (Lipinski definition) is 2. The summed E-state index contributed by atoms with van der Waals surface area (Å²) in [4.78, 5) is 0. The molecule has 1 atom stereocenters. The molecule has 1 unspecified atom stereocenters. The second kappa shape index (κ2) is 4.65. The van der Waals surface area contributed by atoms with Crippen LogP contribution in [0.5, 0.6) is 0 Å². The summed E-state index contributed by atoms with van der Waals surface area (Å²) in [6.45, 7) is 1.94. The van der Waals surface area contributed by atoms with Crippen molar-refractivity contribution >= 4 is 0 Å². The number of rotatable bonds is 3. The lowest BCUT2D eigenvalue weighted by Crippen LogP contribution is -1.98. The molecule has 0 aliphatic heterocycles. The Morgan fingerprint density at radius 3 is 2.38 bits per heavy atom. The summed E-state index contributed by atoms with van der Waals surface area (Å²) in [6, 6.07) is 0. The van der Waals surface area contributed by atoms with Crippen molar-refractivity contribution in [2.45, 2.75) is 13.0 Å². The lowest BCUT2D eigenvalue weighted by Gasteiger charge is -1.99. The molecule has 0 fully saturated rings. The molecule has 8 heavy (non-hydrogen) atoms. The summed E-state index contributed by atoms with van der Waals surface area (Å²) < 4.78 is 9.54. The van der Waals surface area contributed by atoms with E-state index in [-0.39, 0.29) is 6.10 Å². The fraction of sp³-hybridized carbons (Fsp3) is 0.667. The van der Waals surface area contributed by atoms with E-state index in [2.05, 4.69) is 4.74 Å². The molecule has 0 aromatic rings. The standard InChI is InChI=1S/C6H12O2/c1-6(8-3)4-5-7-2/h4-6H,1-3H3/b5-4+. The van der Waals surface area contributed by atoms with E-state index in [0.29, 0.717) is 0 Å². The SMILES string of the molecule is CO/C=C/C(C)OC. The molecule has 0 amide bonds. The Morgan fingerprint density at radius 2 is 2.00 bits per heavy atom. The highest BCUT2D eigenvalue weighted by Gasteiger charge is 1.87. The summed E-state index contributed by atoms with van der Waals surface area (Å²) in [7, 11) is 3.27. The van der Waals surface area contributed by atoms with E-state index in [4.69, 9.17) is 4.74 Å². The molecular formula is C6H12O2. The largest absolute Gasteiger partial charge is 0.505 e. The minimum Gasteiger partial charge on any atom is -0.505 e. The maximum atomic E-state index is 4.89. The van der Waals surface area contributed by atoms with Gasteiger partial charge >= 0.3 is 0 Å². The molecule has 0 rings (SSSR count). The fourth-order valence-electron chi connectivity index (χ4n) is 0.268. The lowest BCUT2D eigenvalue weighted by molar-refractivity contribution is 0.153. The topological polar surface area (TPSA) is 18.5 Å². The van der Waals surface area contributed by atoms with Gasteiger partial charge in [-0.1, -0.05) is 0 Å². The van der Waals surface area contributed by atoms with Gasteiger partial charge in [-0.25, -0.2) is 0 Å². The van der Waals surface area contributed by atoms with Crippen LogP contribution >= 0.6 is 0 Å². The molecule has 2 nitrogen and oxygen atoms in total. The van der Waals surface area contributed by atoms with Crippen LogP contribution in [0.25, 0.3) is 0 Å². The van der Waals surface area contributed by atoms with Crippen molar-refractivity contribution in [3.63, 3.8) is 0 Å². The predicted octanol–water partition coefficient (Wildman–Crippen LogP) is 1.18. The molecule has 0 bridgehead atoms. The Labute approximate surface area is 50.1 Å². The maximum Gasteiger partial charge on any atom is 0.0810 e. The third-order valence-corrected chi connectivity index (χ3v) is 0.857. The zero-order valence-electron chi connectivity index (χ0n) is 5.55. The first-order chi connectivity index (χ1) is 3.81. The second-order valence-corrected chi connectivity index (χ2v) is 1.51. The van der Waals surface area contributed by atoms with E-state index in [1.165, 1.54) is 0 Å². The van der Waals surface area contributed by atoms with Gasteiger partial charge in [0.05, 0.1) is 19.5 Å². The van der Waals surface area contributed by atoms with Gasteiger partial charge in [-0.15, -0.1) is 0 Å². The molecule has 0 aromatic carbocycles. The van der Waals surface area contributed by atoms with Gasteiger partial charge in [0, 0.05) is 7.11 Å². The monoisotopic (exact) mass is 116 g/mol. The molecule has 0 radical (unpaired) electrons. The third-order valence-electron chi connectivity index (χ3n) is 0.857. The van der Waals surface area contributed by atoms with Crippen molar-refractivity contribution < 1.29 is 9.47 Å². The summed E-state index contributed by atoms with van der Waals surface area (Å²) in [5.41, 5.74) is 0. The third kappa shape index (κ3) is 3.68. The Bertz CT molecular complexity index is 68.9. The van der Waals surface area contributed by atoms with Crippen LogP contribution in [0.2, 0.25) is 0 Å². The zero-order chi connectivity index (χ0) is 6.41. The summed E-state index contributed by atoms with van der Waals surface area (Å²) >= 11 is 0. The molecule has 2 heteroatoms. The van der Waals surface area contributed by atoms with E-state index in [9.17, 15) is 0 Å². The van der Waals surface area contributed by atoms with Gasteiger partial charge in [0.1, 0.15) is 0 Å². The van der Waals surface area contributed by atoms with Gasteiger partial charge in [-0.05, 0) is 13.0 Å². The van der Waals surface area contributed by atoms with E-state index >= 15 is 0 Å². The molecule has 0 aliphatic rings. The smallest absolute Gasteiger partial charge is 0.0810 e. The van der Waals surface area contributed by atoms with Crippen molar-refractivity contribution in [2.75, 3.05) is 14.2 Å². The van der Waals surface area contributed by atoms with Crippen molar-refractivity contribution in [2.24, 2.45) is 0 Å². The molecule has 0 aromatic heterocycles. The molecular weight excluding hydrogens is 104 g/mol. The van der Waals surface area contributed by atoms with Crippen LogP contribution in [-0.4, -0.2) is 20.3 Å². The molecule has 0 saturated heterocycles. The maximum absolute atomic E-state index is 4.89. The van der Waals surface area contributed by atoms with Crippen molar-refractivity contribution in [1.82, 2.24) is 0 Å².